The van der Waals surface area contributed by atoms with Crippen LogP contribution in [0, 0.1) is 0 Å². The molecule has 4 heteroatoms. The van der Waals surface area contributed by atoms with E-state index < -0.39 is 0 Å². The maximum Gasteiger partial charge on any atom is 0.0579 e. The molecule has 1 aliphatic carbocycles. The Bertz CT molecular complexity index is 599. The molecule has 0 saturated carbocycles. The standard InChI is InChI=1S/C16H17BrClNS/c1-10(19-14-9-12(18)6-7-13(14)17)16-8-11-4-2-3-5-15(11)20-16/h6-10,19H,2-5H2,1H3. The Morgan fingerprint density at radius 2 is 2.05 bits per heavy atom. The van der Waals surface area contributed by atoms with E-state index in [0.29, 0.717) is 6.04 Å². The smallest absolute Gasteiger partial charge is 0.0579 e. The number of anilines is 1. The van der Waals surface area contributed by atoms with Crippen molar-refractivity contribution in [1.82, 2.24) is 0 Å². The van der Waals surface area contributed by atoms with E-state index in [1.165, 1.54) is 30.6 Å². The molecule has 1 aromatic heterocycles. The van der Waals surface area contributed by atoms with E-state index in [1.54, 1.807) is 10.4 Å². The first-order chi connectivity index (χ1) is 9.63. The summed E-state index contributed by atoms with van der Waals surface area (Å²) in [5, 5.41) is 4.31. The predicted molar refractivity (Wildman–Crippen MR) is 92.2 cm³/mol. The maximum atomic E-state index is 6.07. The van der Waals surface area contributed by atoms with E-state index in [4.69, 9.17) is 11.6 Å². The first-order valence-electron chi connectivity index (χ1n) is 6.96. The highest BCUT2D eigenvalue weighted by Gasteiger charge is 2.17. The van der Waals surface area contributed by atoms with Gasteiger partial charge in [-0.05, 0) is 78.4 Å². The van der Waals surface area contributed by atoms with Gasteiger partial charge in [0.05, 0.1) is 11.7 Å². The third-order valence-corrected chi connectivity index (χ3v) is 6.09. The molecule has 1 heterocycles. The second kappa shape index (κ2) is 6.08. The van der Waals surface area contributed by atoms with Gasteiger partial charge in [-0.25, -0.2) is 0 Å². The lowest BCUT2D eigenvalue weighted by Crippen LogP contribution is -2.05. The summed E-state index contributed by atoms with van der Waals surface area (Å²) >= 11 is 11.6. The van der Waals surface area contributed by atoms with Gasteiger partial charge in [0.15, 0.2) is 0 Å². The van der Waals surface area contributed by atoms with Crippen molar-refractivity contribution >= 4 is 44.6 Å². The minimum atomic E-state index is 0.306. The molecule has 2 aromatic rings. The number of hydrogen-bond acceptors (Lipinski definition) is 2. The minimum Gasteiger partial charge on any atom is -0.377 e. The first-order valence-corrected chi connectivity index (χ1v) is 8.95. The van der Waals surface area contributed by atoms with Crippen molar-refractivity contribution in [2.75, 3.05) is 5.32 Å². The number of nitrogens with one attached hydrogen (secondary N) is 1. The molecule has 0 bridgehead atoms. The fraction of sp³-hybridized carbons (Fsp3) is 0.375. The van der Waals surface area contributed by atoms with Crippen LogP contribution < -0.4 is 5.32 Å². The van der Waals surface area contributed by atoms with Crippen molar-refractivity contribution in [2.45, 2.75) is 38.6 Å². The van der Waals surface area contributed by atoms with Gasteiger partial charge in [-0.2, -0.15) is 0 Å². The van der Waals surface area contributed by atoms with Gasteiger partial charge in [-0.15, -0.1) is 11.3 Å². The lowest BCUT2D eigenvalue weighted by Gasteiger charge is -2.15. The van der Waals surface area contributed by atoms with E-state index >= 15 is 0 Å². The van der Waals surface area contributed by atoms with Gasteiger partial charge < -0.3 is 5.32 Å². The van der Waals surface area contributed by atoms with Gasteiger partial charge in [-0.3, -0.25) is 0 Å². The van der Waals surface area contributed by atoms with Gasteiger partial charge >= 0.3 is 0 Å². The van der Waals surface area contributed by atoms with Crippen LogP contribution in [0.15, 0.2) is 28.7 Å². The van der Waals surface area contributed by atoms with E-state index in [2.05, 4.69) is 34.2 Å². The van der Waals surface area contributed by atoms with E-state index in [-0.39, 0.29) is 0 Å². The summed E-state index contributed by atoms with van der Waals surface area (Å²) in [6.45, 7) is 2.21. The Morgan fingerprint density at radius 1 is 1.25 bits per heavy atom. The molecule has 0 aliphatic heterocycles. The lowest BCUT2D eigenvalue weighted by atomic mass is 9.99. The van der Waals surface area contributed by atoms with Crippen LogP contribution in [0.2, 0.25) is 5.02 Å². The maximum absolute atomic E-state index is 6.07. The minimum absolute atomic E-state index is 0.306. The van der Waals surface area contributed by atoms with Gasteiger partial charge in [0.2, 0.25) is 0 Å². The van der Waals surface area contributed by atoms with Crippen molar-refractivity contribution in [3.05, 3.63) is 49.1 Å². The first kappa shape index (κ1) is 14.4. The van der Waals surface area contributed by atoms with Gasteiger partial charge in [0.25, 0.3) is 0 Å². The number of thiophene rings is 1. The van der Waals surface area contributed by atoms with Gasteiger partial charge in [0, 0.05) is 19.2 Å². The summed E-state index contributed by atoms with van der Waals surface area (Å²) in [7, 11) is 0. The summed E-state index contributed by atoms with van der Waals surface area (Å²) in [5.41, 5.74) is 2.62. The SMILES string of the molecule is CC(Nc1cc(Cl)ccc1Br)c1cc2c(s1)CCCC2. The Morgan fingerprint density at radius 3 is 2.85 bits per heavy atom. The Hall–Kier alpha value is -0.510. The molecule has 0 radical (unpaired) electrons. The van der Waals surface area contributed by atoms with E-state index in [1.807, 2.05) is 29.5 Å². The van der Waals surface area contributed by atoms with Crippen LogP contribution in [0.25, 0.3) is 0 Å². The highest BCUT2D eigenvalue weighted by Crippen LogP contribution is 2.35. The third kappa shape index (κ3) is 3.05. The van der Waals surface area contributed by atoms with E-state index in [9.17, 15) is 0 Å². The third-order valence-electron chi connectivity index (χ3n) is 3.74. The number of aryl methyl sites for hydroxylation is 2. The van der Waals surface area contributed by atoms with Crippen molar-refractivity contribution in [3.63, 3.8) is 0 Å². The molecule has 20 heavy (non-hydrogen) atoms. The molecule has 1 aliphatic rings. The quantitative estimate of drug-likeness (QED) is 0.676. The molecule has 0 spiro atoms. The number of benzene rings is 1. The fourth-order valence-corrected chi connectivity index (χ4v) is 4.43. The molecule has 1 nitrogen and oxygen atoms in total. The van der Waals surface area contributed by atoms with Crippen molar-refractivity contribution in [2.24, 2.45) is 0 Å². The molecule has 1 atom stereocenters. The van der Waals surface area contributed by atoms with Crippen LogP contribution >= 0.6 is 38.9 Å². The zero-order valence-corrected chi connectivity index (χ0v) is 14.5. The topological polar surface area (TPSA) is 12.0 Å². The molecule has 0 amide bonds. The molecule has 0 fully saturated rings. The van der Waals surface area contributed by atoms with Crippen LogP contribution in [0.4, 0.5) is 5.69 Å². The number of halogens is 2. The number of hydrogen-bond donors (Lipinski definition) is 1. The van der Waals surface area contributed by atoms with Crippen molar-refractivity contribution in [1.29, 1.82) is 0 Å². The zero-order valence-electron chi connectivity index (χ0n) is 11.4. The fourth-order valence-electron chi connectivity index (χ4n) is 2.64. The molecule has 0 saturated heterocycles. The van der Waals surface area contributed by atoms with Gasteiger partial charge in [0.1, 0.15) is 0 Å². The van der Waals surface area contributed by atoms with Crippen LogP contribution in [-0.4, -0.2) is 0 Å². The normalized spacial score (nSPS) is 15.8. The molecule has 3 rings (SSSR count). The zero-order chi connectivity index (χ0) is 14.1. The average Bonchev–Trinajstić information content (AvgIpc) is 2.87. The number of rotatable bonds is 3. The second-order valence-corrected chi connectivity index (χ2v) is 7.75. The molecular weight excluding hydrogens is 354 g/mol. The Labute approximate surface area is 137 Å². The summed E-state index contributed by atoms with van der Waals surface area (Å²) in [5.74, 6) is 0. The van der Waals surface area contributed by atoms with Crippen molar-refractivity contribution < 1.29 is 0 Å². The Kier molecular flexibility index (Phi) is 4.39. The van der Waals surface area contributed by atoms with Crippen LogP contribution in [0.1, 0.15) is 41.1 Å². The molecule has 1 unspecified atom stereocenters. The number of fused-ring (bicyclic) bond motifs is 1. The molecule has 106 valence electrons. The van der Waals surface area contributed by atoms with E-state index in [0.717, 1.165) is 15.2 Å². The monoisotopic (exact) mass is 369 g/mol. The highest BCUT2D eigenvalue weighted by atomic mass is 79.9. The summed E-state index contributed by atoms with van der Waals surface area (Å²) in [6, 6.07) is 8.54. The molecular formula is C16H17BrClNS. The lowest BCUT2D eigenvalue weighted by molar-refractivity contribution is 0.696. The largest absolute Gasteiger partial charge is 0.377 e. The second-order valence-electron chi connectivity index (χ2n) is 5.29. The van der Waals surface area contributed by atoms with Crippen LogP contribution in [-0.2, 0) is 12.8 Å². The van der Waals surface area contributed by atoms with Gasteiger partial charge in [-0.1, -0.05) is 11.6 Å². The van der Waals surface area contributed by atoms with Crippen LogP contribution in [0.3, 0.4) is 0 Å². The molecule has 1 N–H and O–H groups in total. The molecule has 1 aromatic carbocycles. The summed E-state index contributed by atoms with van der Waals surface area (Å²) in [4.78, 5) is 3.01. The van der Waals surface area contributed by atoms with Crippen molar-refractivity contribution in [3.8, 4) is 0 Å². The summed E-state index contributed by atoms with van der Waals surface area (Å²) < 4.78 is 1.05. The average molecular weight is 371 g/mol. The summed E-state index contributed by atoms with van der Waals surface area (Å²) in [6.07, 6.45) is 5.19. The van der Waals surface area contributed by atoms with Crippen LogP contribution in [0.5, 0.6) is 0 Å². The highest BCUT2D eigenvalue weighted by molar-refractivity contribution is 9.10. The Balaban J connectivity index is 1.80. The predicted octanol–water partition coefficient (Wildman–Crippen LogP) is 6.22.